The van der Waals surface area contributed by atoms with Gasteiger partial charge in [0.2, 0.25) is 0 Å². The van der Waals surface area contributed by atoms with E-state index >= 15 is 0 Å². The molecule has 2 heteroatoms. The Labute approximate surface area is 128 Å². The first-order valence-corrected chi connectivity index (χ1v) is 8.44. The summed E-state index contributed by atoms with van der Waals surface area (Å²) in [7, 11) is 0. The van der Waals surface area contributed by atoms with Gasteiger partial charge in [-0.2, -0.15) is 0 Å². The normalized spacial score (nSPS) is 15.3. The van der Waals surface area contributed by atoms with Crippen LogP contribution in [0.25, 0.3) is 10.1 Å². The highest BCUT2D eigenvalue weighted by Gasteiger charge is 2.16. The zero-order chi connectivity index (χ0) is 14.2. The summed E-state index contributed by atoms with van der Waals surface area (Å²) in [6.07, 6.45) is 3.90. The summed E-state index contributed by atoms with van der Waals surface area (Å²) >= 11 is 1.76. The van der Waals surface area contributed by atoms with Gasteiger partial charge in [0.1, 0.15) is 0 Å². The number of benzene rings is 2. The molecule has 2 aromatic carbocycles. The molecule has 0 bridgehead atoms. The van der Waals surface area contributed by atoms with E-state index in [0.29, 0.717) is 6.42 Å². The summed E-state index contributed by atoms with van der Waals surface area (Å²) in [6.45, 7) is 0. The summed E-state index contributed by atoms with van der Waals surface area (Å²) in [5, 5.41) is 14.0. The Morgan fingerprint density at radius 2 is 1.90 bits per heavy atom. The molecule has 1 aromatic heterocycles. The van der Waals surface area contributed by atoms with Crippen LogP contribution in [0.5, 0.6) is 0 Å². The van der Waals surface area contributed by atoms with Gasteiger partial charge in [-0.15, -0.1) is 11.3 Å². The number of aliphatic hydroxyl groups excluding tert-OH is 1. The van der Waals surface area contributed by atoms with E-state index in [2.05, 4.69) is 47.8 Å². The van der Waals surface area contributed by atoms with E-state index in [1.165, 1.54) is 39.6 Å². The van der Waals surface area contributed by atoms with Crippen LogP contribution in [-0.2, 0) is 19.3 Å². The molecule has 1 N–H and O–H groups in total. The van der Waals surface area contributed by atoms with Crippen LogP contribution >= 0.6 is 11.3 Å². The Hall–Kier alpha value is -1.64. The van der Waals surface area contributed by atoms with Gasteiger partial charge in [0.25, 0.3) is 0 Å². The van der Waals surface area contributed by atoms with Gasteiger partial charge in [0.15, 0.2) is 0 Å². The summed E-state index contributed by atoms with van der Waals surface area (Å²) in [5.41, 5.74) is 5.21. The van der Waals surface area contributed by atoms with Crippen molar-refractivity contribution in [3.8, 4) is 0 Å². The Morgan fingerprint density at radius 3 is 2.86 bits per heavy atom. The van der Waals surface area contributed by atoms with Gasteiger partial charge in [0.05, 0.1) is 6.10 Å². The number of rotatable bonds is 3. The molecule has 0 spiro atoms. The molecular weight excluding hydrogens is 276 g/mol. The maximum absolute atomic E-state index is 10.6. The highest BCUT2D eigenvalue weighted by molar-refractivity contribution is 7.17. The second-order valence-electron chi connectivity index (χ2n) is 5.86. The second-order valence-corrected chi connectivity index (χ2v) is 6.77. The van der Waals surface area contributed by atoms with Crippen LogP contribution in [0.1, 0.15) is 34.8 Å². The van der Waals surface area contributed by atoms with Gasteiger partial charge < -0.3 is 5.11 Å². The molecule has 1 aliphatic rings. The van der Waals surface area contributed by atoms with Crippen molar-refractivity contribution in [1.82, 2.24) is 0 Å². The van der Waals surface area contributed by atoms with Crippen molar-refractivity contribution >= 4 is 21.4 Å². The fourth-order valence-corrected chi connectivity index (χ4v) is 4.29. The molecule has 106 valence electrons. The Bertz CT molecular complexity index is 787. The van der Waals surface area contributed by atoms with Crippen molar-refractivity contribution in [2.75, 3.05) is 0 Å². The monoisotopic (exact) mass is 294 g/mol. The first kappa shape index (κ1) is 13.1. The summed E-state index contributed by atoms with van der Waals surface area (Å²) in [6, 6.07) is 14.9. The largest absolute Gasteiger partial charge is 0.388 e. The fraction of sp³-hybridized carbons (Fsp3) is 0.263. The van der Waals surface area contributed by atoms with E-state index in [4.69, 9.17) is 0 Å². The van der Waals surface area contributed by atoms with Crippen molar-refractivity contribution in [3.05, 3.63) is 70.1 Å². The van der Waals surface area contributed by atoms with Crippen LogP contribution in [0.15, 0.2) is 47.8 Å². The molecular formula is C19H18OS. The van der Waals surface area contributed by atoms with Crippen molar-refractivity contribution in [2.24, 2.45) is 0 Å². The van der Waals surface area contributed by atoms with Gasteiger partial charge in [-0.1, -0.05) is 36.4 Å². The lowest BCUT2D eigenvalue weighted by molar-refractivity contribution is 0.179. The van der Waals surface area contributed by atoms with Crippen molar-refractivity contribution in [1.29, 1.82) is 0 Å². The summed E-state index contributed by atoms with van der Waals surface area (Å²) in [5.74, 6) is 0. The maximum Gasteiger partial charge on any atom is 0.0831 e. The third-order valence-corrected chi connectivity index (χ3v) is 5.49. The van der Waals surface area contributed by atoms with E-state index in [9.17, 15) is 5.11 Å². The molecule has 21 heavy (non-hydrogen) atoms. The minimum Gasteiger partial charge on any atom is -0.388 e. The van der Waals surface area contributed by atoms with Gasteiger partial charge in [-0.25, -0.2) is 0 Å². The lowest BCUT2D eigenvalue weighted by atomic mass is 9.98. The highest BCUT2D eigenvalue weighted by Crippen LogP contribution is 2.31. The molecule has 1 nitrogen and oxygen atoms in total. The minimum absolute atomic E-state index is 0.408. The Morgan fingerprint density at radius 1 is 1.05 bits per heavy atom. The first-order valence-electron chi connectivity index (χ1n) is 7.56. The smallest absolute Gasteiger partial charge is 0.0831 e. The van der Waals surface area contributed by atoms with E-state index in [0.717, 1.165) is 12.0 Å². The predicted molar refractivity (Wildman–Crippen MR) is 89.0 cm³/mol. The van der Waals surface area contributed by atoms with Crippen LogP contribution in [0.3, 0.4) is 0 Å². The van der Waals surface area contributed by atoms with Crippen LogP contribution in [0, 0.1) is 0 Å². The van der Waals surface area contributed by atoms with Crippen LogP contribution < -0.4 is 0 Å². The third kappa shape index (κ3) is 2.39. The molecule has 4 rings (SSSR count). The average Bonchev–Trinajstić information content (AvgIpc) is 3.13. The standard InChI is InChI=1S/C19H18OS/c20-18(15-9-8-13-4-3-5-14(13)10-15)11-16-12-21-19-7-2-1-6-17(16)19/h1-2,6-10,12,18,20H,3-5,11H2. The van der Waals surface area contributed by atoms with Crippen molar-refractivity contribution in [3.63, 3.8) is 0 Å². The summed E-state index contributed by atoms with van der Waals surface area (Å²) in [4.78, 5) is 0. The van der Waals surface area contributed by atoms with Gasteiger partial charge in [-0.3, -0.25) is 0 Å². The molecule has 0 saturated heterocycles. The Balaban J connectivity index is 1.62. The average molecular weight is 294 g/mol. The van der Waals surface area contributed by atoms with Crippen molar-refractivity contribution in [2.45, 2.75) is 31.8 Å². The second kappa shape index (κ2) is 5.28. The van der Waals surface area contributed by atoms with Crippen molar-refractivity contribution < 1.29 is 5.11 Å². The number of thiophene rings is 1. The molecule has 0 amide bonds. The van der Waals surface area contributed by atoms with E-state index in [1.807, 2.05) is 0 Å². The molecule has 1 heterocycles. The first-order chi connectivity index (χ1) is 10.3. The zero-order valence-corrected chi connectivity index (χ0v) is 12.7. The predicted octanol–water partition coefficient (Wildman–Crippen LogP) is 4.67. The number of hydrogen-bond donors (Lipinski definition) is 1. The SMILES string of the molecule is OC(Cc1csc2ccccc12)c1ccc2c(c1)CCC2. The van der Waals surface area contributed by atoms with Crippen LogP contribution in [0.2, 0.25) is 0 Å². The molecule has 1 aliphatic carbocycles. The van der Waals surface area contributed by atoms with Gasteiger partial charge in [0, 0.05) is 11.1 Å². The molecule has 0 fully saturated rings. The molecule has 0 radical (unpaired) electrons. The Kier molecular flexibility index (Phi) is 3.28. The van der Waals surface area contributed by atoms with Gasteiger partial charge in [-0.05, 0) is 58.3 Å². The lowest BCUT2D eigenvalue weighted by Crippen LogP contribution is -2.02. The minimum atomic E-state index is -0.408. The number of aliphatic hydroxyl groups is 1. The van der Waals surface area contributed by atoms with Crippen LogP contribution in [-0.4, -0.2) is 5.11 Å². The number of fused-ring (bicyclic) bond motifs is 2. The lowest BCUT2D eigenvalue weighted by Gasteiger charge is -2.12. The van der Waals surface area contributed by atoms with Crippen LogP contribution in [0.4, 0.5) is 0 Å². The van der Waals surface area contributed by atoms with E-state index in [1.54, 1.807) is 11.3 Å². The third-order valence-electron chi connectivity index (χ3n) is 4.48. The highest BCUT2D eigenvalue weighted by atomic mass is 32.1. The van der Waals surface area contributed by atoms with E-state index < -0.39 is 6.10 Å². The topological polar surface area (TPSA) is 20.2 Å². The number of hydrogen-bond acceptors (Lipinski definition) is 2. The number of aryl methyl sites for hydroxylation is 2. The zero-order valence-electron chi connectivity index (χ0n) is 11.9. The quantitative estimate of drug-likeness (QED) is 0.744. The van der Waals surface area contributed by atoms with Gasteiger partial charge >= 0.3 is 0 Å². The fourth-order valence-electron chi connectivity index (χ4n) is 3.32. The molecule has 0 saturated carbocycles. The molecule has 0 aliphatic heterocycles. The molecule has 3 aromatic rings. The van der Waals surface area contributed by atoms with E-state index in [-0.39, 0.29) is 0 Å². The molecule has 1 unspecified atom stereocenters. The maximum atomic E-state index is 10.6. The summed E-state index contributed by atoms with van der Waals surface area (Å²) < 4.78 is 1.30. The molecule has 1 atom stereocenters.